The minimum atomic E-state index is -3.85. The average molecular weight is 432 g/mol. The lowest BCUT2D eigenvalue weighted by Gasteiger charge is -2.21. The molecule has 0 spiro atoms. The van der Waals surface area contributed by atoms with Crippen molar-refractivity contribution >= 4 is 27.5 Å². The van der Waals surface area contributed by atoms with E-state index in [1.54, 1.807) is 51.4 Å². The van der Waals surface area contributed by atoms with Crippen molar-refractivity contribution in [2.75, 3.05) is 25.4 Å². The fraction of sp³-hybridized carbons (Fsp3) is 0.364. The molecule has 2 rings (SSSR count). The van der Waals surface area contributed by atoms with Crippen LogP contribution in [0.15, 0.2) is 47.4 Å². The summed E-state index contributed by atoms with van der Waals surface area (Å²) in [7, 11) is -0.653. The predicted octanol–water partition coefficient (Wildman–Crippen LogP) is 2.91. The van der Waals surface area contributed by atoms with Crippen molar-refractivity contribution in [1.82, 2.24) is 10.2 Å². The number of hydrogen-bond acceptors (Lipinski definition) is 4. The molecule has 0 bridgehead atoms. The van der Waals surface area contributed by atoms with Gasteiger partial charge in [-0.15, -0.1) is 0 Å². The summed E-state index contributed by atoms with van der Waals surface area (Å²) in [6.07, 6.45) is 0. The summed E-state index contributed by atoms with van der Waals surface area (Å²) in [5.74, 6) is -0.702. The summed E-state index contributed by atoms with van der Waals surface area (Å²) in [6, 6.07) is 11.5. The second-order valence-electron chi connectivity index (χ2n) is 8.39. The lowest BCUT2D eigenvalue weighted by Crippen LogP contribution is -2.36. The molecular formula is C22H29N3O4S. The maximum absolute atomic E-state index is 13.0. The first-order valence-electron chi connectivity index (χ1n) is 9.53. The van der Waals surface area contributed by atoms with Gasteiger partial charge in [0, 0.05) is 25.3 Å². The zero-order valence-electron chi connectivity index (χ0n) is 18.2. The molecule has 0 saturated carbocycles. The van der Waals surface area contributed by atoms with E-state index in [9.17, 15) is 18.0 Å². The van der Waals surface area contributed by atoms with Gasteiger partial charge >= 0.3 is 0 Å². The first-order valence-corrected chi connectivity index (χ1v) is 11.0. The molecule has 0 aliphatic heterocycles. The summed E-state index contributed by atoms with van der Waals surface area (Å²) < 4.78 is 28.6. The average Bonchev–Trinajstić information content (AvgIpc) is 2.64. The van der Waals surface area contributed by atoms with E-state index in [0.717, 1.165) is 5.56 Å². The van der Waals surface area contributed by atoms with Crippen LogP contribution in [-0.4, -0.2) is 45.8 Å². The van der Waals surface area contributed by atoms with Crippen LogP contribution in [0.25, 0.3) is 0 Å². The van der Waals surface area contributed by atoms with Crippen molar-refractivity contribution in [3.8, 4) is 0 Å². The van der Waals surface area contributed by atoms with Gasteiger partial charge in [0.1, 0.15) is 0 Å². The summed E-state index contributed by atoms with van der Waals surface area (Å²) in [4.78, 5) is 25.5. The van der Waals surface area contributed by atoms with E-state index in [1.165, 1.54) is 11.0 Å². The highest BCUT2D eigenvalue weighted by Gasteiger charge is 2.22. The Balaban J connectivity index is 2.25. The normalized spacial score (nSPS) is 11.7. The molecule has 0 radical (unpaired) electrons. The van der Waals surface area contributed by atoms with Crippen LogP contribution in [0.3, 0.4) is 0 Å². The molecule has 0 heterocycles. The predicted molar refractivity (Wildman–Crippen MR) is 118 cm³/mol. The van der Waals surface area contributed by atoms with Crippen molar-refractivity contribution in [1.29, 1.82) is 0 Å². The van der Waals surface area contributed by atoms with Gasteiger partial charge in [-0.25, -0.2) is 8.42 Å². The Hall–Kier alpha value is -2.87. The number of benzene rings is 2. The van der Waals surface area contributed by atoms with E-state index in [-0.39, 0.29) is 34.0 Å². The van der Waals surface area contributed by atoms with Gasteiger partial charge in [-0.05, 0) is 47.7 Å². The number of nitrogens with one attached hydrogen (secondary N) is 2. The Bertz CT molecular complexity index is 1050. The van der Waals surface area contributed by atoms with Crippen molar-refractivity contribution < 1.29 is 18.0 Å². The molecule has 0 aromatic heterocycles. The molecule has 8 heteroatoms. The van der Waals surface area contributed by atoms with Crippen LogP contribution in [0, 0.1) is 6.92 Å². The topological polar surface area (TPSA) is 95.6 Å². The molecule has 0 unspecified atom stereocenters. The molecule has 0 atom stereocenters. The highest BCUT2D eigenvalue weighted by molar-refractivity contribution is 7.92. The second kappa shape index (κ2) is 8.87. The molecular weight excluding hydrogens is 402 g/mol. The fourth-order valence-corrected chi connectivity index (χ4v) is 4.03. The molecule has 0 fully saturated rings. The number of aryl methyl sites for hydroxylation is 1. The smallest absolute Gasteiger partial charge is 0.262 e. The quantitative estimate of drug-likeness (QED) is 0.735. The molecule has 0 aliphatic rings. The SMILES string of the molecule is Cc1ccc(C(C)(C)C)cc1S(=O)(=O)Nc1cccc(C(=O)NCC(=O)N(C)C)c1. The number of carbonyl (C=O) groups excluding carboxylic acids is 2. The van der Waals surface area contributed by atoms with E-state index < -0.39 is 15.9 Å². The van der Waals surface area contributed by atoms with Crippen molar-refractivity contribution in [2.45, 2.75) is 38.0 Å². The van der Waals surface area contributed by atoms with Crippen LogP contribution in [0.4, 0.5) is 5.69 Å². The number of likely N-dealkylation sites (N-methyl/N-ethyl adjacent to an activating group) is 1. The first-order chi connectivity index (χ1) is 13.8. The third-order valence-electron chi connectivity index (χ3n) is 4.62. The van der Waals surface area contributed by atoms with Crippen LogP contribution in [0.5, 0.6) is 0 Å². The van der Waals surface area contributed by atoms with Crippen LogP contribution in [0.1, 0.15) is 42.3 Å². The lowest BCUT2D eigenvalue weighted by atomic mass is 9.87. The Morgan fingerprint density at radius 3 is 2.30 bits per heavy atom. The van der Waals surface area contributed by atoms with E-state index in [1.807, 2.05) is 26.8 Å². The fourth-order valence-electron chi connectivity index (χ4n) is 2.71. The summed E-state index contributed by atoms with van der Waals surface area (Å²) in [6.45, 7) is 7.66. The Morgan fingerprint density at radius 1 is 1.03 bits per heavy atom. The van der Waals surface area contributed by atoms with Gasteiger partial charge in [0.25, 0.3) is 15.9 Å². The van der Waals surface area contributed by atoms with E-state index in [0.29, 0.717) is 5.56 Å². The number of amides is 2. The Labute approximate surface area is 178 Å². The van der Waals surface area contributed by atoms with Crippen LogP contribution >= 0.6 is 0 Å². The highest BCUT2D eigenvalue weighted by atomic mass is 32.2. The van der Waals surface area contributed by atoms with Crippen LogP contribution < -0.4 is 10.0 Å². The number of nitrogens with zero attached hydrogens (tertiary/aromatic N) is 1. The van der Waals surface area contributed by atoms with Crippen LogP contribution in [-0.2, 0) is 20.2 Å². The van der Waals surface area contributed by atoms with Gasteiger partial charge < -0.3 is 10.2 Å². The van der Waals surface area contributed by atoms with Gasteiger partial charge in [0.05, 0.1) is 11.4 Å². The minimum absolute atomic E-state index is 0.138. The van der Waals surface area contributed by atoms with Crippen LogP contribution in [0.2, 0.25) is 0 Å². The molecule has 162 valence electrons. The molecule has 30 heavy (non-hydrogen) atoms. The van der Waals surface area contributed by atoms with Gasteiger partial charge in [-0.3, -0.25) is 14.3 Å². The van der Waals surface area contributed by atoms with Gasteiger partial charge in [-0.1, -0.05) is 39.0 Å². The maximum Gasteiger partial charge on any atom is 0.262 e. The third-order valence-corrected chi connectivity index (χ3v) is 6.14. The molecule has 2 N–H and O–H groups in total. The van der Waals surface area contributed by atoms with Crippen molar-refractivity contribution in [2.24, 2.45) is 0 Å². The number of rotatable bonds is 6. The molecule has 0 saturated heterocycles. The molecule has 2 aromatic carbocycles. The highest BCUT2D eigenvalue weighted by Crippen LogP contribution is 2.28. The number of sulfonamides is 1. The summed E-state index contributed by atoms with van der Waals surface area (Å²) >= 11 is 0. The molecule has 7 nitrogen and oxygen atoms in total. The summed E-state index contributed by atoms with van der Waals surface area (Å²) in [5.41, 5.74) is 1.86. The van der Waals surface area contributed by atoms with Gasteiger partial charge in [0.2, 0.25) is 5.91 Å². The van der Waals surface area contributed by atoms with E-state index >= 15 is 0 Å². The van der Waals surface area contributed by atoms with Crippen molar-refractivity contribution in [3.63, 3.8) is 0 Å². The molecule has 0 aliphatic carbocycles. The van der Waals surface area contributed by atoms with E-state index in [4.69, 9.17) is 0 Å². The lowest BCUT2D eigenvalue weighted by molar-refractivity contribution is -0.127. The zero-order chi connectivity index (χ0) is 22.7. The molecule has 2 amide bonds. The van der Waals surface area contributed by atoms with E-state index in [2.05, 4.69) is 10.0 Å². The largest absolute Gasteiger partial charge is 0.347 e. The Kier molecular flexibility index (Phi) is 6.92. The number of anilines is 1. The van der Waals surface area contributed by atoms with Crippen molar-refractivity contribution in [3.05, 3.63) is 59.2 Å². The zero-order valence-corrected chi connectivity index (χ0v) is 19.1. The Morgan fingerprint density at radius 2 is 1.70 bits per heavy atom. The maximum atomic E-state index is 13.0. The first kappa shape index (κ1) is 23.4. The van der Waals surface area contributed by atoms with Gasteiger partial charge in [0.15, 0.2) is 0 Å². The monoisotopic (exact) mass is 431 g/mol. The third kappa shape index (κ3) is 5.82. The number of hydrogen-bond donors (Lipinski definition) is 2. The minimum Gasteiger partial charge on any atom is -0.347 e. The van der Waals surface area contributed by atoms with Gasteiger partial charge in [-0.2, -0.15) is 0 Å². The standard InChI is InChI=1S/C22H29N3O4S/c1-15-10-11-17(22(2,3)4)13-19(15)30(28,29)24-18-9-7-8-16(12-18)21(27)23-14-20(26)25(5)6/h7-13,24H,14H2,1-6H3,(H,23,27). The number of carbonyl (C=O) groups is 2. The second-order valence-corrected chi connectivity index (χ2v) is 10.0. The molecule has 2 aromatic rings. The summed E-state index contributed by atoms with van der Waals surface area (Å²) in [5, 5.41) is 2.53.